The third-order valence-corrected chi connectivity index (χ3v) is 11.2. The second kappa shape index (κ2) is 15.6. The number of hydrogen-bond donors (Lipinski definition) is 4. The van der Waals surface area contributed by atoms with Gasteiger partial charge in [0, 0.05) is 42.8 Å². The smallest absolute Gasteiger partial charge is 0.293 e. The first-order valence-corrected chi connectivity index (χ1v) is 19.8. The van der Waals surface area contributed by atoms with Gasteiger partial charge in [-0.05, 0) is 66.4 Å². The lowest BCUT2D eigenvalue weighted by molar-refractivity contribution is -0.123. The number of benzene rings is 3. The minimum atomic E-state index is -3.55. The lowest BCUT2D eigenvalue weighted by atomic mass is 10.0. The molecule has 0 radical (unpaired) electrons. The molecule has 3 heterocycles. The molecular weight excluding hydrogens is 839 g/mol. The molecule has 1 fully saturated rings. The van der Waals surface area contributed by atoms with Gasteiger partial charge >= 0.3 is 0 Å². The number of nitrogens with one attached hydrogen (secondary N) is 4. The average molecular weight is 870 g/mol. The third-order valence-electron chi connectivity index (χ3n) is 10.5. The number of hydrogen-bond acceptors (Lipinski definition) is 8. The number of aromatic nitrogens is 5. The van der Waals surface area contributed by atoms with Gasteiger partial charge in [-0.1, -0.05) is 35.7 Å². The summed E-state index contributed by atoms with van der Waals surface area (Å²) in [4.78, 5) is 38.1. The number of halogens is 8. The van der Waals surface area contributed by atoms with E-state index >= 15 is 8.78 Å². The number of pyridine rings is 1. The predicted octanol–water partition coefficient (Wildman–Crippen LogP) is 8.20. The van der Waals surface area contributed by atoms with Crippen molar-refractivity contribution in [1.82, 2.24) is 34.4 Å². The summed E-state index contributed by atoms with van der Waals surface area (Å²) >= 11 is 7.68. The predicted molar refractivity (Wildman–Crippen MR) is 211 cm³/mol. The van der Waals surface area contributed by atoms with Crippen molar-refractivity contribution < 1.29 is 35.5 Å². The van der Waals surface area contributed by atoms with Crippen LogP contribution < -0.4 is 20.9 Å². The number of carbonyl (C=O) groups excluding carboxylic acids is 1. The topological polar surface area (TPSA) is 143 Å². The molecule has 0 saturated heterocycles. The van der Waals surface area contributed by atoms with Crippen LogP contribution in [0.1, 0.15) is 58.7 Å². The SMILES string of the molecule is CNc1c(-n2c(C(Cc3cc(F)cc(F)c3)NC(=O)Cn3nc(C(F)F)c4c3C(F)(F)[C@@H]3CC43)nc3nc(-c4ccccc4F)ccc3c2=O)ccc(Cl)c1C(=N)NSC. The van der Waals surface area contributed by atoms with E-state index in [-0.39, 0.29) is 73.5 Å². The van der Waals surface area contributed by atoms with E-state index in [1.807, 2.05) is 0 Å². The highest BCUT2D eigenvalue weighted by Gasteiger charge is 2.67. The molecule has 60 heavy (non-hydrogen) atoms. The number of rotatable bonds is 12. The van der Waals surface area contributed by atoms with Crippen LogP contribution in [0.15, 0.2) is 71.5 Å². The largest absolute Gasteiger partial charge is 0.386 e. The molecule has 20 heteroatoms. The molecule has 2 aliphatic rings. The highest BCUT2D eigenvalue weighted by molar-refractivity contribution is 7.97. The molecule has 8 rings (SSSR count). The maximum absolute atomic E-state index is 15.5. The molecule has 0 aliphatic heterocycles. The van der Waals surface area contributed by atoms with Gasteiger partial charge in [0.15, 0.2) is 5.65 Å². The summed E-state index contributed by atoms with van der Waals surface area (Å²) in [5, 5.41) is 18.0. The van der Waals surface area contributed by atoms with Crippen molar-refractivity contribution in [3.63, 3.8) is 0 Å². The van der Waals surface area contributed by atoms with Gasteiger partial charge in [-0.15, -0.1) is 0 Å². The van der Waals surface area contributed by atoms with Gasteiger partial charge in [-0.2, -0.15) is 13.9 Å². The molecule has 0 bridgehead atoms. The molecule has 3 aromatic carbocycles. The van der Waals surface area contributed by atoms with Crippen LogP contribution in [-0.4, -0.2) is 49.4 Å². The summed E-state index contributed by atoms with van der Waals surface area (Å²) < 4.78 is 108. The third kappa shape index (κ3) is 7.12. The van der Waals surface area contributed by atoms with Crippen molar-refractivity contribution in [1.29, 1.82) is 5.41 Å². The quantitative estimate of drug-likeness (QED) is 0.0418. The summed E-state index contributed by atoms with van der Waals surface area (Å²) in [6.45, 7) is -0.990. The fourth-order valence-electron chi connectivity index (χ4n) is 7.90. The molecule has 4 N–H and O–H groups in total. The summed E-state index contributed by atoms with van der Waals surface area (Å²) in [5.41, 5.74) is -2.60. The zero-order valence-electron chi connectivity index (χ0n) is 31.3. The van der Waals surface area contributed by atoms with Gasteiger partial charge in [-0.3, -0.25) is 24.2 Å². The number of fused-ring (bicyclic) bond motifs is 4. The zero-order valence-corrected chi connectivity index (χ0v) is 32.8. The molecule has 2 unspecified atom stereocenters. The number of alkyl halides is 4. The summed E-state index contributed by atoms with van der Waals surface area (Å²) in [6.07, 6.45) is -2.02. The van der Waals surface area contributed by atoms with Crippen LogP contribution in [0.5, 0.6) is 0 Å². The lowest BCUT2D eigenvalue weighted by Gasteiger charge is -2.25. The number of nitrogens with zero attached hydrogens (tertiary/aromatic N) is 5. The fraction of sp³-hybridized carbons (Fsp3) is 0.250. The van der Waals surface area contributed by atoms with Crippen molar-refractivity contribution in [3.05, 3.63) is 133 Å². The first-order valence-electron chi connectivity index (χ1n) is 18.2. The van der Waals surface area contributed by atoms with E-state index in [1.54, 1.807) is 12.3 Å². The van der Waals surface area contributed by atoms with Crippen molar-refractivity contribution in [2.75, 3.05) is 18.6 Å². The first kappa shape index (κ1) is 40.8. The van der Waals surface area contributed by atoms with Crippen molar-refractivity contribution in [2.24, 2.45) is 5.92 Å². The van der Waals surface area contributed by atoms with Crippen molar-refractivity contribution in [2.45, 2.75) is 43.7 Å². The minimum Gasteiger partial charge on any atom is -0.386 e. The zero-order chi connectivity index (χ0) is 42.8. The van der Waals surface area contributed by atoms with Crippen LogP contribution in [-0.2, 0) is 23.7 Å². The monoisotopic (exact) mass is 869 g/mol. The molecule has 2 aliphatic carbocycles. The number of amidine groups is 1. The minimum absolute atomic E-state index is 0.00443. The van der Waals surface area contributed by atoms with E-state index in [9.17, 15) is 31.5 Å². The molecule has 1 saturated carbocycles. The highest BCUT2D eigenvalue weighted by Crippen LogP contribution is 2.68. The van der Waals surface area contributed by atoms with Gasteiger partial charge in [-0.25, -0.2) is 31.9 Å². The van der Waals surface area contributed by atoms with Crippen LogP contribution in [0.4, 0.5) is 36.4 Å². The summed E-state index contributed by atoms with van der Waals surface area (Å²) in [6, 6.07) is 12.3. The Hall–Kier alpha value is -5.95. The molecule has 3 aromatic heterocycles. The summed E-state index contributed by atoms with van der Waals surface area (Å²) in [7, 11) is 1.50. The van der Waals surface area contributed by atoms with Crippen LogP contribution in [0.25, 0.3) is 28.0 Å². The van der Waals surface area contributed by atoms with Crippen LogP contribution in [0.3, 0.4) is 0 Å². The Balaban J connectivity index is 1.34. The molecule has 3 atom stereocenters. The van der Waals surface area contributed by atoms with Gasteiger partial charge in [0.05, 0.1) is 39.1 Å². The lowest BCUT2D eigenvalue weighted by Crippen LogP contribution is -2.38. The van der Waals surface area contributed by atoms with E-state index in [0.717, 1.165) is 28.6 Å². The second-order valence-corrected chi connectivity index (χ2v) is 15.2. The van der Waals surface area contributed by atoms with Crippen LogP contribution >= 0.6 is 23.5 Å². The number of amides is 1. The maximum atomic E-state index is 15.5. The Morgan fingerprint density at radius 3 is 2.47 bits per heavy atom. The molecular formula is C40H31ClF7N9O2S. The van der Waals surface area contributed by atoms with Gasteiger partial charge in [0.2, 0.25) is 5.91 Å². The van der Waals surface area contributed by atoms with E-state index in [4.69, 9.17) is 22.0 Å². The van der Waals surface area contributed by atoms with Gasteiger partial charge < -0.3 is 15.4 Å². The molecule has 310 valence electrons. The second-order valence-electron chi connectivity index (χ2n) is 14.2. The molecule has 1 amide bonds. The van der Waals surface area contributed by atoms with E-state index in [2.05, 4.69) is 25.4 Å². The Morgan fingerprint density at radius 1 is 1.05 bits per heavy atom. The fourth-order valence-corrected chi connectivity index (χ4v) is 8.46. The Morgan fingerprint density at radius 2 is 1.78 bits per heavy atom. The van der Waals surface area contributed by atoms with E-state index < -0.39 is 83.5 Å². The summed E-state index contributed by atoms with van der Waals surface area (Å²) in [5.74, 6) is -9.73. The highest BCUT2D eigenvalue weighted by atomic mass is 35.5. The van der Waals surface area contributed by atoms with Gasteiger partial charge in [0.1, 0.15) is 47.0 Å². The molecule has 6 aromatic rings. The Labute approximate surface area is 345 Å². The standard InChI is InChI=1S/C40H31ClF7N9O2S/c1-50-32-28(10-8-24(41)31(32)36(49)55-60-2)57-38(53-37-21(39(57)59)7-9-26(52-37)20-5-3-4-6-25(20)44)27(13-17-11-18(42)14-19(43)12-17)51-29(58)16-56-34-30(33(54-56)35(45)46)22-15-23(22)40(34,47)48/h3-12,14,22-23,27,35,50H,13,15-16H2,1-2H3,(H2,49,55)(H,51,58)/t22?,23-,27?/m1/s1. The molecule has 0 spiro atoms. The van der Waals surface area contributed by atoms with Crippen molar-refractivity contribution in [3.8, 4) is 16.9 Å². The van der Waals surface area contributed by atoms with Crippen LogP contribution in [0, 0.1) is 28.8 Å². The van der Waals surface area contributed by atoms with Crippen molar-refractivity contribution >= 4 is 52.0 Å². The average Bonchev–Trinajstić information content (AvgIpc) is 3.85. The van der Waals surface area contributed by atoms with E-state index in [0.29, 0.717) is 10.7 Å². The number of carbonyl (C=O) groups is 1. The van der Waals surface area contributed by atoms with Crippen LogP contribution in [0.2, 0.25) is 5.02 Å². The maximum Gasteiger partial charge on any atom is 0.293 e. The van der Waals surface area contributed by atoms with E-state index in [1.165, 1.54) is 49.5 Å². The number of anilines is 1. The molecule has 11 nitrogen and oxygen atoms in total. The normalized spacial score (nSPS) is 16.7. The van der Waals surface area contributed by atoms with Gasteiger partial charge in [0.25, 0.3) is 17.9 Å². The first-order chi connectivity index (χ1) is 28.6. The Kier molecular flexibility index (Phi) is 10.6. The Bertz CT molecular complexity index is 2780.